The lowest BCUT2D eigenvalue weighted by Gasteiger charge is -2.08. The Balaban J connectivity index is -0.00000114. The fraction of sp³-hybridized carbons (Fsp3) is 0.333. The summed E-state index contributed by atoms with van der Waals surface area (Å²) in [5.41, 5.74) is 1.02. The molecule has 6 nitrogen and oxygen atoms in total. The summed E-state index contributed by atoms with van der Waals surface area (Å²) < 4.78 is 10.3. The zero-order chi connectivity index (χ0) is 21.5. The van der Waals surface area contributed by atoms with Gasteiger partial charge in [0, 0.05) is 6.08 Å². The highest BCUT2D eigenvalue weighted by atomic mass is 16.5. The third-order valence-corrected chi connectivity index (χ3v) is 3.25. The Morgan fingerprint density at radius 3 is 2.00 bits per heavy atom. The van der Waals surface area contributed by atoms with Crippen LogP contribution in [0.5, 0.6) is 11.5 Å². The average Bonchev–Trinajstić information content (AvgIpc) is 2.75. The predicted octanol–water partition coefficient (Wildman–Crippen LogP) is 6.38. The van der Waals surface area contributed by atoms with Crippen molar-refractivity contribution in [3.05, 3.63) is 59.7 Å². The molecule has 0 radical (unpaired) electrons. The SMILES string of the molecule is C.C.CC.CC.COc1ccc(/C=C/C(=O)Nc2ccccc2C(=O)O)cc1OC. The highest BCUT2D eigenvalue weighted by Crippen LogP contribution is 2.28. The van der Waals surface area contributed by atoms with E-state index in [0.717, 1.165) is 5.56 Å². The number of rotatable bonds is 6. The van der Waals surface area contributed by atoms with E-state index in [1.54, 1.807) is 43.5 Å². The molecular formula is C24H37NO5. The second-order valence-electron chi connectivity index (χ2n) is 4.79. The van der Waals surface area contributed by atoms with E-state index in [1.807, 2.05) is 27.7 Å². The summed E-state index contributed by atoms with van der Waals surface area (Å²) in [6.07, 6.45) is 2.92. The summed E-state index contributed by atoms with van der Waals surface area (Å²) in [6, 6.07) is 11.4. The maximum atomic E-state index is 12.0. The van der Waals surface area contributed by atoms with Crippen LogP contribution in [0.15, 0.2) is 48.5 Å². The second kappa shape index (κ2) is 17.8. The number of hydrogen-bond donors (Lipinski definition) is 2. The lowest BCUT2D eigenvalue weighted by Crippen LogP contribution is -2.11. The molecule has 0 atom stereocenters. The van der Waals surface area contributed by atoms with Crippen LogP contribution in [0, 0.1) is 0 Å². The van der Waals surface area contributed by atoms with Gasteiger partial charge in [0.1, 0.15) is 0 Å². The van der Waals surface area contributed by atoms with Crippen LogP contribution in [-0.4, -0.2) is 31.2 Å². The van der Waals surface area contributed by atoms with Gasteiger partial charge < -0.3 is 19.9 Å². The molecule has 168 valence electrons. The smallest absolute Gasteiger partial charge is 0.337 e. The summed E-state index contributed by atoms with van der Waals surface area (Å²) >= 11 is 0. The summed E-state index contributed by atoms with van der Waals surface area (Å²) in [4.78, 5) is 23.1. The molecule has 0 bridgehead atoms. The van der Waals surface area contributed by atoms with E-state index in [9.17, 15) is 9.59 Å². The number of para-hydroxylation sites is 1. The van der Waals surface area contributed by atoms with Crippen LogP contribution in [0.1, 0.15) is 58.5 Å². The van der Waals surface area contributed by atoms with Crippen LogP contribution < -0.4 is 14.8 Å². The van der Waals surface area contributed by atoms with Gasteiger partial charge in [-0.05, 0) is 35.9 Å². The number of ether oxygens (including phenoxy) is 2. The highest BCUT2D eigenvalue weighted by molar-refractivity contribution is 6.06. The van der Waals surface area contributed by atoms with Crippen LogP contribution in [0.3, 0.4) is 0 Å². The van der Waals surface area contributed by atoms with E-state index in [0.29, 0.717) is 11.5 Å². The number of hydrogen-bond acceptors (Lipinski definition) is 4. The zero-order valence-electron chi connectivity index (χ0n) is 17.3. The summed E-state index contributed by atoms with van der Waals surface area (Å²) in [5, 5.41) is 11.6. The Kier molecular flexibility index (Phi) is 18.6. The minimum atomic E-state index is -1.10. The molecule has 0 unspecified atom stereocenters. The van der Waals surface area contributed by atoms with Gasteiger partial charge in [0.15, 0.2) is 11.5 Å². The van der Waals surface area contributed by atoms with E-state index < -0.39 is 11.9 Å². The zero-order valence-corrected chi connectivity index (χ0v) is 17.3. The highest BCUT2D eigenvalue weighted by Gasteiger charge is 2.10. The molecular weight excluding hydrogens is 382 g/mol. The van der Waals surface area contributed by atoms with Gasteiger partial charge >= 0.3 is 5.97 Å². The van der Waals surface area contributed by atoms with Gasteiger partial charge in [-0.1, -0.05) is 60.7 Å². The number of aromatic carboxylic acids is 1. The summed E-state index contributed by atoms with van der Waals surface area (Å²) in [7, 11) is 3.07. The summed E-state index contributed by atoms with van der Waals surface area (Å²) in [5.74, 6) is -0.390. The van der Waals surface area contributed by atoms with Crippen molar-refractivity contribution >= 4 is 23.6 Å². The minimum absolute atomic E-state index is 0. The standard InChI is InChI=1S/C18H17NO5.2C2H6.2CH4/c1-23-15-9-7-12(11-16(15)24-2)8-10-17(20)19-14-6-4-3-5-13(14)18(21)22;2*1-2;;/h3-11H,1-2H3,(H,19,20)(H,21,22);2*1-2H3;2*1H4/b10-8+;;;;. The molecule has 30 heavy (non-hydrogen) atoms. The quantitative estimate of drug-likeness (QED) is 0.531. The molecule has 0 saturated heterocycles. The summed E-state index contributed by atoms with van der Waals surface area (Å²) in [6.45, 7) is 8.00. The topological polar surface area (TPSA) is 84.9 Å². The second-order valence-corrected chi connectivity index (χ2v) is 4.79. The maximum absolute atomic E-state index is 12.0. The first-order chi connectivity index (χ1) is 13.5. The van der Waals surface area contributed by atoms with Crippen molar-refractivity contribution in [1.29, 1.82) is 0 Å². The lowest BCUT2D eigenvalue weighted by molar-refractivity contribution is -0.111. The van der Waals surface area contributed by atoms with Crippen LogP contribution in [0.4, 0.5) is 5.69 Å². The van der Waals surface area contributed by atoms with E-state index in [-0.39, 0.29) is 26.1 Å². The number of carboxylic acid groups (broad SMARTS) is 1. The number of methoxy groups -OCH3 is 2. The Labute approximate surface area is 181 Å². The predicted molar refractivity (Wildman–Crippen MR) is 127 cm³/mol. The van der Waals surface area contributed by atoms with E-state index >= 15 is 0 Å². The lowest BCUT2D eigenvalue weighted by atomic mass is 10.1. The van der Waals surface area contributed by atoms with Gasteiger partial charge in [-0.2, -0.15) is 0 Å². The first-order valence-electron chi connectivity index (χ1n) is 9.08. The van der Waals surface area contributed by atoms with Gasteiger partial charge in [0.05, 0.1) is 25.5 Å². The number of amides is 1. The van der Waals surface area contributed by atoms with Gasteiger partial charge in [-0.15, -0.1) is 0 Å². The molecule has 0 aliphatic heterocycles. The van der Waals surface area contributed by atoms with Crippen molar-refractivity contribution < 1.29 is 24.2 Å². The fourth-order valence-electron chi connectivity index (χ4n) is 2.08. The number of carbonyl (C=O) groups excluding carboxylic acids is 1. The van der Waals surface area contributed by atoms with Crippen molar-refractivity contribution in [2.75, 3.05) is 19.5 Å². The number of nitrogens with one attached hydrogen (secondary N) is 1. The van der Waals surface area contributed by atoms with Gasteiger partial charge in [-0.3, -0.25) is 4.79 Å². The first kappa shape index (κ1) is 31.4. The van der Waals surface area contributed by atoms with Gasteiger partial charge in [0.2, 0.25) is 5.91 Å². The van der Waals surface area contributed by atoms with Crippen molar-refractivity contribution in [1.82, 2.24) is 0 Å². The molecule has 0 spiro atoms. The number of benzene rings is 2. The van der Waals surface area contributed by atoms with Crippen molar-refractivity contribution in [2.24, 2.45) is 0 Å². The molecule has 1 amide bonds. The Morgan fingerprint density at radius 1 is 0.900 bits per heavy atom. The molecule has 2 aromatic rings. The molecule has 0 aromatic heterocycles. The maximum Gasteiger partial charge on any atom is 0.337 e. The normalized spacial score (nSPS) is 8.73. The van der Waals surface area contributed by atoms with Crippen molar-refractivity contribution in [3.63, 3.8) is 0 Å². The molecule has 0 heterocycles. The Morgan fingerprint density at radius 2 is 1.47 bits per heavy atom. The molecule has 0 fully saturated rings. The molecule has 6 heteroatoms. The van der Waals surface area contributed by atoms with Crippen LogP contribution in [-0.2, 0) is 4.79 Å². The van der Waals surface area contributed by atoms with Crippen molar-refractivity contribution in [3.8, 4) is 11.5 Å². The van der Waals surface area contributed by atoms with Gasteiger partial charge in [0.25, 0.3) is 0 Å². The van der Waals surface area contributed by atoms with E-state index in [4.69, 9.17) is 14.6 Å². The monoisotopic (exact) mass is 419 g/mol. The molecule has 0 saturated carbocycles. The Bertz CT molecular complexity index is 785. The minimum Gasteiger partial charge on any atom is -0.493 e. The first-order valence-corrected chi connectivity index (χ1v) is 9.08. The van der Waals surface area contributed by atoms with E-state index in [1.165, 1.54) is 25.3 Å². The fourth-order valence-corrected chi connectivity index (χ4v) is 2.08. The molecule has 2 rings (SSSR count). The van der Waals surface area contributed by atoms with Crippen LogP contribution in [0.25, 0.3) is 6.08 Å². The third kappa shape index (κ3) is 9.78. The number of carbonyl (C=O) groups is 2. The van der Waals surface area contributed by atoms with Crippen molar-refractivity contribution in [2.45, 2.75) is 42.5 Å². The number of anilines is 1. The van der Waals surface area contributed by atoms with Crippen LogP contribution in [0.2, 0.25) is 0 Å². The van der Waals surface area contributed by atoms with E-state index in [2.05, 4.69) is 5.32 Å². The average molecular weight is 420 g/mol. The van der Waals surface area contributed by atoms with Crippen LogP contribution >= 0.6 is 0 Å². The molecule has 0 aliphatic carbocycles. The Hall–Kier alpha value is -3.28. The number of carboxylic acids is 1. The van der Waals surface area contributed by atoms with Gasteiger partial charge in [-0.25, -0.2) is 4.79 Å². The molecule has 2 aromatic carbocycles. The molecule has 2 N–H and O–H groups in total. The molecule has 0 aliphatic rings. The largest absolute Gasteiger partial charge is 0.493 e. The third-order valence-electron chi connectivity index (χ3n) is 3.25.